The van der Waals surface area contributed by atoms with Gasteiger partial charge in [-0.25, -0.2) is 4.39 Å². The molecule has 19 heavy (non-hydrogen) atoms. The second-order valence-corrected chi connectivity index (χ2v) is 5.50. The third-order valence-electron chi connectivity index (χ3n) is 3.47. The molecule has 0 spiro atoms. The summed E-state index contributed by atoms with van der Waals surface area (Å²) < 4.78 is 18.8. The molecule has 1 N–H and O–H groups in total. The summed E-state index contributed by atoms with van der Waals surface area (Å²) in [6, 6.07) is 5.04. The Hall–Kier alpha value is -0.680. The van der Waals surface area contributed by atoms with Gasteiger partial charge in [-0.2, -0.15) is 0 Å². The van der Waals surface area contributed by atoms with Gasteiger partial charge in [0.05, 0.1) is 17.7 Å². The Kier molecular flexibility index (Phi) is 5.16. The lowest BCUT2D eigenvalue weighted by molar-refractivity contribution is -0.0356. The summed E-state index contributed by atoms with van der Waals surface area (Å²) in [5, 5.41) is 3.57. The quantitative estimate of drug-likeness (QED) is 0.919. The summed E-state index contributed by atoms with van der Waals surface area (Å²) in [7, 11) is 2.10. The van der Waals surface area contributed by atoms with Crippen LogP contribution in [0.3, 0.4) is 0 Å². The summed E-state index contributed by atoms with van der Waals surface area (Å²) in [6.07, 6.45) is 0.190. The molecular formula is C14H20ClFN2O. The van der Waals surface area contributed by atoms with Crippen molar-refractivity contribution in [1.29, 1.82) is 0 Å². The van der Waals surface area contributed by atoms with E-state index in [-0.39, 0.29) is 23.0 Å². The molecule has 0 amide bonds. The van der Waals surface area contributed by atoms with Crippen molar-refractivity contribution in [1.82, 2.24) is 10.2 Å². The predicted octanol–water partition coefficient (Wildman–Crippen LogP) is 2.29. The molecule has 1 heterocycles. The molecule has 5 heteroatoms. The summed E-state index contributed by atoms with van der Waals surface area (Å²) in [4.78, 5) is 2.26. The van der Waals surface area contributed by atoms with Crippen LogP contribution in [0.4, 0.5) is 4.39 Å². The van der Waals surface area contributed by atoms with Crippen LogP contribution in [-0.4, -0.2) is 43.8 Å². The topological polar surface area (TPSA) is 24.5 Å². The van der Waals surface area contributed by atoms with Gasteiger partial charge in [0, 0.05) is 25.7 Å². The fourth-order valence-electron chi connectivity index (χ4n) is 2.17. The van der Waals surface area contributed by atoms with Gasteiger partial charge in [0.1, 0.15) is 5.82 Å². The minimum Gasteiger partial charge on any atom is -0.374 e. The van der Waals surface area contributed by atoms with E-state index in [1.165, 1.54) is 6.07 Å². The summed E-state index contributed by atoms with van der Waals surface area (Å²) >= 11 is 5.76. The van der Waals surface area contributed by atoms with Crippen molar-refractivity contribution in [2.24, 2.45) is 0 Å². The van der Waals surface area contributed by atoms with Crippen LogP contribution in [0, 0.1) is 5.82 Å². The zero-order chi connectivity index (χ0) is 13.8. The normalized spacial score (nSPS) is 22.4. The molecule has 0 bridgehead atoms. The zero-order valence-corrected chi connectivity index (χ0v) is 12.1. The molecule has 1 aromatic rings. The molecule has 1 fully saturated rings. The molecular weight excluding hydrogens is 267 g/mol. The molecule has 2 atom stereocenters. The lowest BCUT2D eigenvalue weighted by Crippen LogP contribution is -2.49. The summed E-state index contributed by atoms with van der Waals surface area (Å²) in [5.74, 6) is -0.379. The van der Waals surface area contributed by atoms with Crippen LogP contribution in [0.2, 0.25) is 5.02 Å². The number of nitrogens with zero attached hydrogens (tertiary/aromatic N) is 1. The van der Waals surface area contributed by atoms with Gasteiger partial charge in [-0.1, -0.05) is 17.7 Å². The van der Waals surface area contributed by atoms with Gasteiger partial charge in [0.15, 0.2) is 0 Å². The smallest absolute Gasteiger partial charge is 0.141 e. The molecule has 106 valence electrons. The number of benzene rings is 1. The summed E-state index contributed by atoms with van der Waals surface area (Å²) in [5.41, 5.74) is 0.974. The number of halogens is 2. The Balaban J connectivity index is 1.85. The zero-order valence-electron chi connectivity index (χ0n) is 11.3. The highest BCUT2D eigenvalue weighted by atomic mass is 35.5. The number of ether oxygens (including phenoxy) is 1. The van der Waals surface area contributed by atoms with E-state index in [9.17, 15) is 4.39 Å². The maximum Gasteiger partial charge on any atom is 0.141 e. The number of likely N-dealkylation sites (N-methyl/N-ethyl adjacent to an activating group) is 1. The average Bonchev–Trinajstić information content (AvgIpc) is 2.40. The van der Waals surface area contributed by atoms with Crippen molar-refractivity contribution in [3.8, 4) is 0 Å². The average molecular weight is 287 g/mol. The van der Waals surface area contributed by atoms with Gasteiger partial charge in [-0.3, -0.25) is 0 Å². The van der Waals surface area contributed by atoms with Crippen molar-refractivity contribution < 1.29 is 9.13 Å². The Morgan fingerprint density at radius 1 is 1.58 bits per heavy atom. The molecule has 1 saturated heterocycles. The largest absolute Gasteiger partial charge is 0.374 e. The van der Waals surface area contributed by atoms with Crippen LogP contribution in [0.5, 0.6) is 0 Å². The van der Waals surface area contributed by atoms with Crippen LogP contribution in [0.25, 0.3) is 0 Å². The minimum atomic E-state index is -0.379. The third kappa shape index (κ3) is 4.14. The Labute approximate surface area is 118 Å². The minimum absolute atomic E-state index is 0.167. The molecule has 1 aromatic carbocycles. The van der Waals surface area contributed by atoms with E-state index in [0.717, 1.165) is 25.3 Å². The van der Waals surface area contributed by atoms with E-state index < -0.39 is 0 Å². The SMILES string of the molecule is C[C@@H](NCc1ccc(F)c(Cl)c1)[C@@H]1CN(C)CCO1. The second kappa shape index (κ2) is 6.66. The highest BCUT2D eigenvalue weighted by molar-refractivity contribution is 6.30. The highest BCUT2D eigenvalue weighted by Gasteiger charge is 2.23. The van der Waals surface area contributed by atoms with Crippen LogP contribution in [0.1, 0.15) is 12.5 Å². The first-order valence-electron chi connectivity index (χ1n) is 6.53. The Bertz CT molecular complexity index is 430. The number of nitrogens with one attached hydrogen (secondary N) is 1. The van der Waals surface area contributed by atoms with Crippen molar-refractivity contribution >= 4 is 11.6 Å². The maximum atomic E-state index is 13.1. The molecule has 0 aliphatic carbocycles. The third-order valence-corrected chi connectivity index (χ3v) is 3.76. The molecule has 0 radical (unpaired) electrons. The molecule has 0 aromatic heterocycles. The first kappa shape index (κ1) is 14.7. The van der Waals surface area contributed by atoms with E-state index >= 15 is 0 Å². The lowest BCUT2D eigenvalue weighted by atomic mass is 10.1. The van der Waals surface area contributed by atoms with Gasteiger partial charge >= 0.3 is 0 Å². The predicted molar refractivity (Wildman–Crippen MR) is 74.9 cm³/mol. The molecule has 0 unspecified atom stereocenters. The van der Waals surface area contributed by atoms with Crippen LogP contribution in [-0.2, 0) is 11.3 Å². The van der Waals surface area contributed by atoms with Crippen LogP contribution in [0.15, 0.2) is 18.2 Å². The molecule has 1 aliphatic rings. The standard InChI is InChI=1S/C14H20ClFN2O/c1-10(14-9-18(2)5-6-19-14)17-8-11-3-4-13(16)12(15)7-11/h3-4,7,10,14,17H,5-6,8-9H2,1-2H3/t10-,14+/m1/s1. The number of morpholine rings is 1. The van der Waals surface area contributed by atoms with Crippen molar-refractivity contribution in [3.63, 3.8) is 0 Å². The molecule has 3 nitrogen and oxygen atoms in total. The maximum absolute atomic E-state index is 13.1. The fraction of sp³-hybridized carbons (Fsp3) is 0.571. The van der Waals surface area contributed by atoms with Gasteiger partial charge in [0.2, 0.25) is 0 Å². The van der Waals surface area contributed by atoms with E-state index in [1.807, 2.05) is 0 Å². The van der Waals surface area contributed by atoms with Crippen LogP contribution < -0.4 is 5.32 Å². The Morgan fingerprint density at radius 2 is 2.37 bits per heavy atom. The second-order valence-electron chi connectivity index (χ2n) is 5.09. The first-order valence-corrected chi connectivity index (χ1v) is 6.91. The molecule has 2 rings (SSSR count). The number of hydrogen-bond donors (Lipinski definition) is 1. The van der Waals surface area contributed by atoms with E-state index in [0.29, 0.717) is 6.54 Å². The molecule has 0 saturated carbocycles. The van der Waals surface area contributed by atoms with Gasteiger partial charge in [-0.05, 0) is 31.7 Å². The highest BCUT2D eigenvalue weighted by Crippen LogP contribution is 2.16. The Morgan fingerprint density at radius 3 is 3.05 bits per heavy atom. The van der Waals surface area contributed by atoms with Crippen LogP contribution >= 0.6 is 11.6 Å². The molecule has 1 aliphatic heterocycles. The van der Waals surface area contributed by atoms with Crippen molar-refractivity contribution in [2.45, 2.75) is 25.6 Å². The fourth-order valence-corrected chi connectivity index (χ4v) is 2.38. The van der Waals surface area contributed by atoms with Gasteiger partial charge < -0.3 is 15.0 Å². The van der Waals surface area contributed by atoms with Crippen molar-refractivity contribution in [2.75, 3.05) is 26.7 Å². The van der Waals surface area contributed by atoms with E-state index in [4.69, 9.17) is 16.3 Å². The lowest BCUT2D eigenvalue weighted by Gasteiger charge is -2.34. The monoisotopic (exact) mass is 286 g/mol. The summed E-state index contributed by atoms with van der Waals surface area (Å²) in [6.45, 7) is 5.45. The first-order chi connectivity index (χ1) is 9.06. The van der Waals surface area contributed by atoms with Gasteiger partial charge in [-0.15, -0.1) is 0 Å². The van der Waals surface area contributed by atoms with Gasteiger partial charge in [0.25, 0.3) is 0 Å². The van der Waals surface area contributed by atoms with E-state index in [2.05, 4.69) is 24.2 Å². The van der Waals surface area contributed by atoms with E-state index in [1.54, 1.807) is 12.1 Å². The van der Waals surface area contributed by atoms with Crippen molar-refractivity contribution in [3.05, 3.63) is 34.6 Å². The number of rotatable bonds is 4. The number of hydrogen-bond acceptors (Lipinski definition) is 3.